The van der Waals surface area contributed by atoms with E-state index in [2.05, 4.69) is 0 Å². The minimum atomic E-state index is -0.0957. The summed E-state index contributed by atoms with van der Waals surface area (Å²) in [6, 6.07) is 17.7. The Morgan fingerprint density at radius 2 is 1.59 bits per heavy atom. The van der Waals surface area contributed by atoms with Crippen molar-refractivity contribution in [3.63, 3.8) is 0 Å². The van der Waals surface area contributed by atoms with Gasteiger partial charge in [0, 0.05) is 17.6 Å². The second-order valence-corrected chi connectivity index (χ2v) is 9.77. The summed E-state index contributed by atoms with van der Waals surface area (Å²) in [7, 11) is 0. The number of amides is 2. The topological polar surface area (TPSA) is 53.0 Å². The second kappa shape index (κ2) is 8.58. The second-order valence-electron chi connectivity index (χ2n) is 8.79. The number of hydrogen-bond donors (Lipinski definition) is 0. The number of benzene rings is 2. The van der Waals surface area contributed by atoms with Gasteiger partial charge in [0.2, 0.25) is 0 Å². The highest BCUT2D eigenvalue weighted by molar-refractivity contribution is 8.18. The molecule has 164 valence electrons. The summed E-state index contributed by atoms with van der Waals surface area (Å²) in [5.74, 6) is -0.179. The van der Waals surface area contributed by atoms with Gasteiger partial charge in [-0.3, -0.25) is 14.5 Å². The molecule has 2 aliphatic heterocycles. The fourth-order valence-corrected chi connectivity index (χ4v) is 6.01. The Kier molecular flexibility index (Phi) is 5.64. The molecule has 2 heterocycles. The molecule has 0 atom stereocenters. The smallest absolute Gasteiger partial charge is 0.267 e. The molecule has 2 aromatic rings. The minimum Gasteiger partial charge on any atom is -0.305 e. The summed E-state index contributed by atoms with van der Waals surface area (Å²) >= 11 is 1.35. The van der Waals surface area contributed by atoms with Crippen molar-refractivity contribution in [1.82, 2.24) is 4.90 Å². The maximum Gasteiger partial charge on any atom is 0.267 e. The molecule has 32 heavy (non-hydrogen) atoms. The van der Waals surface area contributed by atoms with Gasteiger partial charge in [0.25, 0.3) is 11.8 Å². The van der Waals surface area contributed by atoms with Gasteiger partial charge in [-0.2, -0.15) is 0 Å². The maximum absolute atomic E-state index is 13.8. The van der Waals surface area contributed by atoms with Gasteiger partial charge in [-0.15, -0.1) is 0 Å². The lowest BCUT2D eigenvalue weighted by Crippen LogP contribution is -2.40. The minimum absolute atomic E-state index is 0.00941. The van der Waals surface area contributed by atoms with E-state index in [1.165, 1.54) is 18.2 Å². The van der Waals surface area contributed by atoms with Crippen molar-refractivity contribution in [2.75, 3.05) is 4.90 Å². The molecule has 1 aliphatic carbocycles. The van der Waals surface area contributed by atoms with Crippen LogP contribution in [0.15, 0.2) is 64.5 Å². The molecule has 0 bridgehead atoms. The number of aliphatic imine (C=N–C) groups is 1. The third kappa shape index (κ3) is 3.56. The van der Waals surface area contributed by atoms with Crippen LogP contribution in [0.1, 0.15) is 51.5 Å². The van der Waals surface area contributed by atoms with E-state index in [0.29, 0.717) is 15.6 Å². The average molecular weight is 446 g/mol. The first-order valence-corrected chi connectivity index (χ1v) is 12.2. The SMILES string of the molecule is CC(C)N1C(=O)/C(=C2/SC(=Nc3ccccc3)N(C3CCCCC3)C2=O)c2ccccc21. The number of carbonyl (C=O) groups is 2. The Bertz CT molecular complexity index is 1120. The molecule has 5 rings (SSSR count). The van der Waals surface area contributed by atoms with Crippen molar-refractivity contribution < 1.29 is 9.59 Å². The number of fused-ring (bicyclic) bond motifs is 1. The zero-order chi connectivity index (χ0) is 22.2. The Balaban J connectivity index is 1.64. The highest BCUT2D eigenvalue weighted by Crippen LogP contribution is 2.46. The number of anilines is 1. The summed E-state index contributed by atoms with van der Waals surface area (Å²) in [4.78, 5) is 36.4. The van der Waals surface area contributed by atoms with Crippen molar-refractivity contribution in [2.24, 2.45) is 4.99 Å². The number of thioether (sulfide) groups is 1. The van der Waals surface area contributed by atoms with Gasteiger partial charge in [0.05, 0.1) is 21.9 Å². The van der Waals surface area contributed by atoms with E-state index in [0.717, 1.165) is 42.6 Å². The third-order valence-corrected chi connectivity index (χ3v) is 7.40. The maximum atomic E-state index is 13.8. The van der Waals surface area contributed by atoms with Gasteiger partial charge < -0.3 is 4.90 Å². The third-order valence-electron chi connectivity index (χ3n) is 6.34. The van der Waals surface area contributed by atoms with E-state index in [1.54, 1.807) is 4.90 Å². The predicted octanol–water partition coefficient (Wildman–Crippen LogP) is 5.75. The molecule has 0 N–H and O–H groups in total. The molecule has 3 aliphatic rings. The largest absolute Gasteiger partial charge is 0.305 e. The van der Waals surface area contributed by atoms with E-state index in [9.17, 15) is 9.59 Å². The first kappa shape index (κ1) is 21.0. The van der Waals surface area contributed by atoms with Gasteiger partial charge in [-0.05, 0) is 56.7 Å². The Hall–Kier alpha value is -2.86. The Morgan fingerprint density at radius 3 is 2.31 bits per heavy atom. The Labute approximate surface area is 193 Å². The summed E-state index contributed by atoms with van der Waals surface area (Å²) in [5, 5.41) is 0.684. The Morgan fingerprint density at radius 1 is 0.906 bits per heavy atom. The van der Waals surface area contributed by atoms with Crippen LogP contribution in [0, 0.1) is 0 Å². The number of hydrogen-bond acceptors (Lipinski definition) is 4. The molecule has 1 saturated carbocycles. The predicted molar refractivity (Wildman–Crippen MR) is 131 cm³/mol. The molecule has 0 aromatic heterocycles. The number of carbonyl (C=O) groups excluding carboxylic acids is 2. The van der Waals surface area contributed by atoms with Crippen LogP contribution in [0.25, 0.3) is 5.57 Å². The van der Waals surface area contributed by atoms with Crippen LogP contribution < -0.4 is 4.90 Å². The van der Waals surface area contributed by atoms with Crippen molar-refractivity contribution in [1.29, 1.82) is 0 Å². The quantitative estimate of drug-likeness (QED) is 0.566. The number of nitrogens with zero attached hydrogens (tertiary/aromatic N) is 3. The highest BCUT2D eigenvalue weighted by Gasteiger charge is 2.45. The molecule has 6 heteroatoms. The fraction of sp³-hybridized carbons (Fsp3) is 0.346. The van der Waals surface area contributed by atoms with Gasteiger partial charge in [-0.1, -0.05) is 55.7 Å². The molecule has 0 radical (unpaired) electrons. The first-order chi connectivity index (χ1) is 15.6. The van der Waals surface area contributed by atoms with Crippen LogP contribution in [-0.2, 0) is 9.59 Å². The van der Waals surface area contributed by atoms with E-state index in [-0.39, 0.29) is 23.9 Å². The van der Waals surface area contributed by atoms with Crippen molar-refractivity contribution in [3.05, 3.63) is 65.1 Å². The molecule has 5 nitrogen and oxygen atoms in total. The van der Waals surface area contributed by atoms with E-state index in [4.69, 9.17) is 4.99 Å². The van der Waals surface area contributed by atoms with Crippen LogP contribution in [-0.4, -0.2) is 34.0 Å². The lowest BCUT2D eigenvalue weighted by atomic mass is 9.94. The zero-order valence-electron chi connectivity index (χ0n) is 18.5. The van der Waals surface area contributed by atoms with Gasteiger partial charge in [-0.25, -0.2) is 4.99 Å². The summed E-state index contributed by atoms with van der Waals surface area (Å²) in [6.45, 7) is 4.01. The lowest BCUT2D eigenvalue weighted by Gasteiger charge is -2.30. The number of amidine groups is 1. The normalized spacial score (nSPS) is 23.0. The molecule has 2 aromatic carbocycles. The average Bonchev–Trinajstić information content (AvgIpc) is 3.27. The molecule has 0 unspecified atom stereocenters. The molecule has 2 amide bonds. The van der Waals surface area contributed by atoms with Crippen molar-refractivity contribution >= 4 is 45.7 Å². The molecule has 2 fully saturated rings. The van der Waals surface area contributed by atoms with Crippen molar-refractivity contribution in [2.45, 2.75) is 58.0 Å². The van der Waals surface area contributed by atoms with Crippen LogP contribution >= 0.6 is 11.8 Å². The number of rotatable bonds is 3. The summed E-state index contributed by atoms with van der Waals surface area (Å²) < 4.78 is 0. The molecule has 1 saturated heterocycles. The number of para-hydroxylation sites is 2. The lowest BCUT2D eigenvalue weighted by molar-refractivity contribution is -0.124. The van der Waals surface area contributed by atoms with Gasteiger partial charge in [0.1, 0.15) is 0 Å². The molecular weight excluding hydrogens is 418 g/mol. The summed E-state index contributed by atoms with van der Waals surface area (Å²) in [5.41, 5.74) is 3.05. The van der Waals surface area contributed by atoms with E-state index >= 15 is 0 Å². The molecular formula is C26H27N3O2S. The van der Waals surface area contributed by atoms with Crippen LogP contribution in [0.3, 0.4) is 0 Å². The molecule has 0 spiro atoms. The monoisotopic (exact) mass is 445 g/mol. The fourth-order valence-electron chi connectivity index (χ4n) is 4.86. The first-order valence-electron chi connectivity index (χ1n) is 11.4. The standard InChI is InChI=1S/C26H27N3O2S/c1-17(2)28-21-16-10-9-15-20(21)22(24(28)30)23-25(31)29(19-13-7-4-8-14-19)26(32-23)27-18-11-5-3-6-12-18/h3,5-6,9-12,15-17,19H,4,7-8,13-14H2,1-2H3/b23-22+,27-26?. The van der Waals surface area contributed by atoms with E-state index < -0.39 is 0 Å². The van der Waals surface area contributed by atoms with Gasteiger partial charge >= 0.3 is 0 Å². The van der Waals surface area contributed by atoms with Crippen LogP contribution in [0.5, 0.6) is 0 Å². The van der Waals surface area contributed by atoms with Gasteiger partial charge in [0.15, 0.2) is 5.17 Å². The van der Waals surface area contributed by atoms with Crippen LogP contribution in [0.2, 0.25) is 0 Å². The zero-order valence-corrected chi connectivity index (χ0v) is 19.3. The summed E-state index contributed by atoms with van der Waals surface area (Å²) in [6.07, 6.45) is 5.40. The van der Waals surface area contributed by atoms with Crippen LogP contribution in [0.4, 0.5) is 11.4 Å². The van der Waals surface area contributed by atoms with E-state index in [1.807, 2.05) is 73.3 Å². The van der Waals surface area contributed by atoms with Crippen molar-refractivity contribution in [3.8, 4) is 0 Å². The highest BCUT2D eigenvalue weighted by atomic mass is 32.2.